The Morgan fingerprint density at radius 1 is 1.17 bits per heavy atom. The zero-order valence-electron chi connectivity index (χ0n) is 10.9. The molecule has 0 saturated heterocycles. The topological polar surface area (TPSA) is 64.6 Å². The molecule has 1 amide bonds. The van der Waals surface area contributed by atoms with Crippen LogP contribution in [0.4, 0.5) is 0 Å². The number of methoxy groups -OCH3 is 2. The van der Waals surface area contributed by atoms with Crippen LogP contribution in [0.15, 0.2) is 18.2 Å². The van der Waals surface area contributed by atoms with Crippen LogP contribution < -0.4 is 14.8 Å². The van der Waals surface area contributed by atoms with E-state index in [4.69, 9.17) is 9.47 Å². The maximum Gasteiger partial charge on any atom is 0.292 e. The quantitative estimate of drug-likeness (QED) is 0.635. The van der Waals surface area contributed by atoms with Gasteiger partial charge in [-0.25, -0.2) is 0 Å². The first-order valence-electron chi connectivity index (χ1n) is 5.56. The first-order valence-corrected chi connectivity index (χ1v) is 5.56. The van der Waals surface area contributed by atoms with Crippen LogP contribution in [0.3, 0.4) is 0 Å². The molecule has 0 radical (unpaired) electrons. The molecular weight excluding hydrogens is 234 g/mol. The molecular formula is C13H17NO4. The number of rotatable bonds is 5. The zero-order chi connectivity index (χ0) is 13.7. The van der Waals surface area contributed by atoms with Crippen molar-refractivity contribution in [3.63, 3.8) is 0 Å². The number of carbonyl (C=O) groups excluding carboxylic acids is 2. The van der Waals surface area contributed by atoms with E-state index in [1.165, 1.54) is 20.3 Å². The van der Waals surface area contributed by atoms with Crippen LogP contribution in [-0.2, 0) is 4.79 Å². The van der Waals surface area contributed by atoms with E-state index < -0.39 is 11.7 Å². The van der Waals surface area contributed by atoms with Crippen molar-refractivity contribution in [2.75, 3.05) is 14.2 Å². The average molecular weight is 251 g/mol. The third kappa shape index (κ3) is 3.23. The zero-order valence-corrected chi connectivity index (χ0v) is 10.9. The van der Waals surface area contributed by atoms with E-state index in [9.17, 15) is 9.59 Å². The van der Waals surface area contributed by atoms with Gasteiger partial charge in [0.1, 0.15) is 11.5 Å². The van der Waals surface area contributed by atoms with Gasteiger partial charge in [0, 0.05) is 6.04 Å². The lowest BCUT2D eigenvalue weighted by Crippen LogP contribution is -2.36. The standard InChI is InChI=1S/C13H17NO4/c1-8(2)14-13(16)12(15)10-7-9(17-3)5-6-11(10)18-4/h5-8H,1-4H3,(H,14,16). The molecule has 1 aromatic rings. The van der Waals surface area contributed by atoms with Gasteiger partial charge in [0.15, 0.2) is 0 Å². The number of benzene rings is 1. The predicted molar refractivity (Wildman–Crippen MR) is 67.2 cm³/mol. The normalized spacial score (nSPS) is 10.1. The molecule has 0 bridgehead atoms. The Morgan fingerprint density at radius 3 is 2.33 bits per heavy atom. The van der Waals surface area contributed by atoms with Crippen molar-refractivity contribution < 1.29 is 19.1 Å². The fourth-order valence-corrected chi connectivity index (χ4v) is 1.44. The Bertz CT molecular complexity index is 454. The molecule has 0 aliphatic heterocycles. The minimum absolute atomic E-state index is 0.0990. The summed E-state index contributed by atoms with van der Waals surface area (Å²) in [6, 6.07) is 4.64. The van der Waals surface area contributed by atoms with Gasteiger partial charge in [0.25, 0.3) is 11.7 Å². The van der Waals surface area contributed by atoms with Crippen molar-refractivity contribution in [3.8, 4) is 11.5 Å². The van der Waals surface area contributed by atoms with Crippen LogP contribution in [0.1, 0.15) is 24.2 Å². The summed E-state index contributed by atoms with van der Waals surface area (Å²) in [6.07, 6.45) is 0. The summed E-state index contributed by atoms with van der Waals surface area (Å²) in [5.74, 6) is -0.452. The Morgan fingerprint density at radius 2 is 1.83 bits per heavy atom. The number of hydrogen-bond acceptors (Lipinski definition) is 4. The minimum atomic E-state index is -0.656. The van der Waals surface area contributed by atoms with Crippen molar-refractivity contribution in [2.45, 2.75) is 19.9 Å². The molecule has 0 heterocycles. The van der Waals surface area contributed by atoms with Crippen LogP contribution in [0.2, 0.25) is 0 Å². The van der Waals surface area contributed by atoms with Gasteiger partial charge < -0.3 is 14.8 Å². The number of ketones is 1. The molecule has 1 aromatic carbocycles. The van der Waals surface area contributed by atoms with Gasteiger partial charge in [-0.15, -0.1) is 0 Å². The summed E-state index contributed by atoms with van der Waals surface area (Å²) >= 11 is 0. The second kappa shape index (κ2) is 6.05. The lowest BCUT2D eigenvalue weighted by atomic mass is 10.1. The second-order valence-electron chi connectivity index (χ2n) is 4.02. The van der Waals surface area contributed by atoms with E-state index in [0.717, 1.165) is 0 Å². The summed E-state index contributed by atoms with van der Waals surface area (Å²) in [5, 5.41) is 2.54. The Balaban J connectivity index is 3.06. The number of Topliss-reactive ketones (excluding diaryl/α,β-unsaturated/α-hetero) is 1. The summed E-state index contributed by atoms with van der Waals surface area (Å²) in [7, 11) is 2.93. The number of carbonyl (C=O) groups is 2. The van der Waals surface area contributed by atoms with Crippen LogP contribution in [0.5, 0.6) is 11.5 Å². The molecule has 0 saturated carbocycles. The van der Waals surface area contributed by atoms with Gasteiger partial charge in [-0.1, -0.05) is 0 Å². The first-order chi connectivity index (χ1) is 8.49. The lowest BCUT2D eigenvalue weighted by Gasteiger charge is -2.11. The second-order valence-corrected chi connectivity index (χ2v) is 4.02. The Kier molecular flexibility index (Phi) is 4.71. The number of amides is 1. The molecule has 0 spiro atoms. The number of ether oxygens (including phenoxy) is 2. The van der Waals surface area contributed by atoms with Gasteiger partial charge in [-0.2, -0.15) is 0 Å². The molecule has 98 valence electrons. The smallest absolute Gasteiger partial charge is 0.292 e. The van der Waals surface area contributed by atoms with Gasteiger partial charge >= 0.3 is 0 Å². The maximum absolute atomic E-state index is 12.0. The fourth-order valence-electron chi connectivity index (χ4n) is 1.44. The average Bonchev–Trinajstić information content (AvgIpc) is 2.36. The molecule has 1 N–H and O–H groups in total. The monoisotopic (exact) mass is 251 g/mol. The van der Waals surface area contributed by atoms with Crippen molar-refractivity contribution in [3.05, 3.63) is 23.8 Å². The van der Waals surface area contributed by atoms with E-state index in [-0.39, 0.29) is 11.6 Å². The molecule has 0 fully saturated rings. The third-order valence-electron chi connectivity index (χ3n) is 2.28. The van der Waals surface area contributed by atoms with E-state index in [0.29, 0.717) is 11.5 Å². The summed E-state index contributed by atoms with van der Waals surface area (Å²) in [6.45, 7) is 3.57. The molecule has 0 atom stereocenters. The van der Waals surface area contributed by atoms with E-state index in [1.807, 2.05) is 0 Å². The molecule has 18 heavy (non-hydrogen) atoms. The summed E-state index contributed by atoms with van der Waals surface area (Å²) in [5.41, 5.74) is 0.190. The molecule has 0 aliphatic rings. The highest BCUT2D eigenvalue weighted by Crippen LogP contribution is 2.24. The summed E-state index contributed by atoms with van der Waals surface area (Å²) in [4.78, 5) is 23.6. The lowest BCUT2D eigenvalue weighted by molar-refractivity contribution is -0.117. The third-order valence-corrected chi connectivity index (χ3v) is 2.28. The van der Waals surface area contributed by atoms with E-state index >= 15 is 0 Å². The molecule has 0 aromatic heterocycles. The van der Waals surface area contributed by atoms with Crippen molar-refractivity contribution in [1.82, 2.24) is 5.32 Å². The van der Waals surface area contributed by atoms with Gasteiger partial charge in [-0.05, 0) is 32.0 Å². The van der Waals surface area contributed by atoms with Crippen molar-refractivity contribution in [1.29, 1.82) is 0 Å². The molecule has 0 unspecified atom stereocenters. The van der Waals surface area contributed by atoms with E-state index in [1.54, 1.807) is 26.0 Å². The fraction of sp³-hybridized carbons (Fsp3) is 0.385. The largest absolute Gasteiger partial charge is 0.497 e. The predicted octanol–water partition coefficient (Wildman–Crippen LogP) is 1.41. The number of hydrogen-bond donors (Lipinski definition) is 1. The van der Waals surface area contributed by atoms with E-state index in [2.05, 4.69) is 5.32 Å². The van der Waals surface area contributed by atoms with Gasteiger partial charge in [-0.3, -0.25) is 9.59 Å². The highest BCUT2D eigenvalue weighted by Gasteiger charge is 2.21. The van der Waals surface area contributed by atoms with Crippen molar-refractivity contribution >= 4 is 11.7 Å². The molecule has 0 aliphatic carbocycles. The van der Waals surface area contributed by atoms with Crippen LogP contribution in [-0.4, -0.2) is 32.0 Å². The number of nitrogens with one attached hydrogen (secondary N) is 1. The van der Waals surface area contributed by atoms with Crippen molar-refractivity contribution in [2.24, 2.45) is 0 Å². The van der Waals surface area contributed by atoms with Crippen LogP contribution in [0, 0.1) is 0 Å². The Labute approximate surface area is 106 Å². The first kappa shape index (κ1) is 14.0. The highest BCUT2D eigenvalue weighted by atomic mass is 16.5. The molecule has 5 heteroatoms. The molecule has 5 nitrogen and oxygen atoms in total. The van der Waals surface area contributed by atoms with Crippen LogP contribution >= 0.6 is 0 Å². The molecule has 1 rings (SSSR count). The SMILES string of the molecule is COc1ccc(OC)c(C(=O)C(=O)NC(C)C)c1. The van der Waals surface area contributed by atoms with Gasteiger partial charge in [0.05, 0.1) is 19.8 Å². The minimum Gasteiger partial charge on any atom is -0.497 e. The summed E-state index contributed by atoms with van der Waals surface area (Å²) < 4.78 is 10.1. The van der Waals surface area contributed by atoms with Gasteiger partial charge in [0.2, 0.25) is 0 Å². The highest BCUT2D eigenvalue weighted by molar-refractivity contribution is 6.43. The maximum atomic E-state index is 12.0. The van der Waals surface area contributed by atoms with Crippen LogP contribution in [0.25, 0.3) is 0 Å². The Hall–Kier alpha value is -2.04.